The number of esters is 1. The van der Waals surface area contributed by atoms with Crippen LogP contribution in [0.1, 0.15) is 30.3 Å². The first-order chi connectivity index (χ1) is 17.4. The lowest BCUT2D eigenvalue weighted by atomic mass is 10.1. The van der Waals surface area contributed by atoms with E-state index in [-0.39, 0.29) is 7.43 Å². The van der Waals surface area contributed by atoms with Crippen LogP contribution in [-0.2, 0) is 20.8 Å². The van der Waals surface area contributed by atoms with Gasteiger partial charge in [-0.15, -0.1) is 0 Å². The van der Waals surface area contributed by atoms with Gasteiger partial charge < -0.3 is 29.7 Å². The molecule has 0 aliphatic carbocycles. The van der Waals surface area contributed by atoms with E-state index in [1.807, 2.05) is 12.1 Å². The fraction of sp³-hybridized carbons (Fsp3) is 0.500. The number of nitrogens with zero attached hydrogens (tertiary/aromatic N) is 3. The van der Waals surface area contributed by atoms with Crippen LogP contribution in [0.5, 0.6) is 0 Å². The first-order valence-corrected chi connectivity index (χ1v) is 12.5. The summed E-state index contributed by atoms with van der Waals surface area (Å²) in [7, 11) is 1.22. The second-order valence-corrected chi connectivity index (χ2v) is 9.29. The van der Waals surface area contributed by atoms with E-state index >= 15 is 0 Å². The van der Waals surface area contributed by atoms with Gasteiger partial charge in [-0.05, 0) is 48.9 Å². The maximum Gasteiger partial charge on any atom is 0.331 e. The lowest BCUT2D eigenvalue weighted by Crippen LogP contribution is -2.48. The number of piperazine rings is 1. The normalized spacial score (nSPS) is 17.9. The highest BCUT2D eigenvalue weighted by Crippen LogP contribution is 2.22. The summed E-state index contributed by atoms with van der Waals surface area (Å²) in [6.45, 7) is 9.62. The molecule has 2 aliphatic heterocycles. The minimum absolute atomic E-state index is 0. The number of carbonyl (C=O) groups is 2. The number of aliphatic hydroxyl groups excluding tert-OH is 1. The monoisotopic (exact) mass is 512 g/mol. The van der Waals surface area contributed by atoms with Gasteiger partial charge in [0.2, 0.25) is 0 Å². The van der Waals surface area contributed by atoms with Crippen LogP contribution in [0, 0.1) is 0 Å². The molecule has 37 heavy (non-hydrogen) atoms. The summed E-state index contributed by atoms with van der Waals surface area (Å²) >= 11 is 0. The minimum Gasteiger partial charge on any atom is -0.467 e. The van der Waals surface area contributed by atoms with Crippen LogP contribution in [0.25, 0.3) is 0 Å². The number of benzene rings is 2. The van der Waals surface area contributed by atoms with Gasteiger partial charge in [-0.3, -0.25) is 9.69 Å². The SMILES string of the molecule is C.COC(=O)C(NC(=O)c1ccc(N2CCN(c3ccc(CN4CCOCC4)cc3)CC2)cc1)[C@@H](C)O. The van der Waals surface area contributed by atoms with Crippen molar-refractivity contribution in [2.75, 3.05) is 69.4 Å². The third kappa shape index (κ3) is 7.44. The summed E-state index contributed by atoms with van der Waals surface area (Å²) < 4.78 is 10.1. The summed E-state index contributed by atoms with van der Waals surface area (Å²) in [5, 5.41) is 12.3. The molecular formula is C28H40N4O5. The predicted molar refractivity (Wildman–Crippen MR) is 145 cm³/mol. The molecule has 2 saturated heterocycles. The van der Waals surface area contributed by atoms with Gasteiger partial charge in [-0.25, -0.2) is 4.79 Å². The van der Waals surface area contributed by atoms with Gasteiger partial charge in [-0.1, -0.05) is 19.6 Å². The van der Waals surface area contributed by atoms with Crippen molar-refractivity contribution in [2.24, 2.45) is 0 Å². The Morgan fingerprint density at radius 1 is 0.919 bits per heavy atom. The summed E-state index contributed by atoms with van der Waals surface area (Å²) in [5.74, 6) is -1.11. The third-order valence-corrected chi connectivity index (χ3v) is 6.81. The molecule has 0 aromatic heterocycles. The molecule has 2 aromatic rings. The topological polar surface area (TPSA) is 94.6 Å². The van der Waals surface area contributed by atoms with E-state index in [1.54, 1.807) is 12.1 Å². The highest BCUT2D eigenvalue weighted by molar-refractivity contribution is 5.97. The zero-order valence-corrected chi connectivity index (χ0v) is 21.1. The van der Waals surface area contributed by atoms with Crippen molar-refractivity contribution in [3.05, 3.63) is 59.7 Å². The van der Waals surface area contributed by atoms with Gasteiger partial charge in [0.25, 0.3) is 5.91 Å². The average molecular weight is 513 g/mol. The summed E-state index contributed by atoms with van der Waals surface area (Å²) in [6.07, 6.45) is -1.06. The smallest absolute Gasteiger partial charge is 0.331 e. The van der Waals surface area contributed by atoms with Crippen molar-refractivity contribution >= 4 is 23.3 Å². The molecule has 202 valence electrons. The van der Waals surface area contributed by atoms with Gasteiger partial charge in [0, 0.05) is 62.8 Å². The summed E-state index contributed by atoms with van der Waals surface area (Å²) in [6, 6.07) is 15.1. The number of hydrogen-bond acceptors (Lipinski definition) is 8. The van der Waals surface area contributed by atoms with Crippen LogP contribution in [0.3, 0.4) is 0 Å². The van der Waals surface area contributed by atoms with Crippen LogP contribution >= 0.6 is 0 Å². The number of ether oxygens (including phenoxy) is 2. The van der Waals surface area contributed by atoms with E-state index in [0.29, 0.717) is 5.56 Å². The predicted octanol–water partition coefficient (Wildman–Crippen LogP) is 2.13. The van der Waals surface area contributed by atoms with E-state index in [2.05, 4.69) is 49.0 Å². The van der Waals surface area contributed by atoms with E-state index in [9.17, 15) is 14.7 Å². The quantitative estimate of drug-likeness (QED) is 0.520. The maximum absolute atomic E-state index is 12.5. The molecule has 0 radical (unpaired) electrons. The fourth-order valence-corrected chi connectivity index (χ4v) is 4.60. The number of hydrogen-bond donors (Lipinski definition) is 2. The molecule has 2 aliphatic rings. The molecule has 1 unspecified atom stereocenters. The lowest BCUT2D eigenvalue weighted by molar-refractivity contribution is -0.145. The molecule has 1 amide bonds. The van der Waals surface area contributed by atoms with Gasteiger partial charge in [0.1, 0.15) is 0 Å². The molecular weight excluding hydrogens is 472 g/mol. The largest absolute Gasteiger partial charge is 0.467 e. The van der Waals surface area contributed by atoms with Crippen LogP contribution in [0.15, 0.2) is 48.5 Å². The van der Waals surface area contributed by atoms with Crippen LogP contribution in [0.2, 0.25) is 0 Å². The van der Waals surface area contributed by atoms with Crippen molar-refractivity contribution < 1.29 is 24.2 Å². The Bertz CT molecular complexity index is 998. The van der Waals surface area contributed by atoms with Crippen LogP contribution < -0.4 is 15.1 Å². The van der Waals surface area contributed by atoms with E-state index in [1.165, 1.54) is 25.3 Å². The zero-order valence-electron chi connectivity index (χ0n) is 21.1. The highest BCUT2D eigenvalue weighted by Gasteiger charge is 2.27. The molecule has 4 rings (SSSR count). The molecule has 2 atom stereocenters. The molecule has 0 spiro atoms. The molecule has 2 N–H and O–H groups in total. The lowest BCUT2D eigenvalue weighted by Gasteiger charge is -2.37. The maximum atomic E-state index is 12.5. The van der Waals surface area contributed by atoms with Crippen molar-refractivity contribution in [2.45, 2.75) is 33.0 Å². The van der Waals surface area contributed by atoms with Crippen molar-refractivity contribution in [3.63, 3.8) is 0 Å². The molecule has 0 bridgehead atoms. The Balaban J connectivity index is 0.00000380. The van der Waals surface area contributed by atoms with E-state index in [0.717, 1.165) is 64.7 Å². The Labute approximate surface area is 219 Å². The standard InChI is InChI=1S/C27H36N4O5.CH4/c1-20(32)25(27(34)35-2)28-26(33)22-5-9-24(10-6-22)31-13-11-30(12-14-31)23-7-3-21(4-8-23)19-29-15-17-36-18-16-29;/h3-10,20,25,32H,11-19H2,1-2H3,(H,28,33);1H4/t20-,25?;/m1./s1. The van der Waals surface area contributed by atoms with E-state index < -0.39 is 24.0 Å². The number of amides is 1. The molecule has 2 aromatic carbocycles. The molecule has 2 fully saturated rings. The second kappa shape index (κ2) is 13.4. The second-order valence-electron chi connectivity index (χ2n) is 9.29. The average Bonchev–Trinajstić information content (AvgIpc) is 2.92. The number of anilines is 2. The van der Waals surface area contributed by atoms with Gasteiger partial charge in [-0.2, -0.15) is 0 Å². The van der Waals surface area contributed by atoms with Crippen LogP contribution in [0.4, 0.5) is 11.4 Å². The molecule has 9 heteroatoms. The highest BCUT2D eigenvalue weighted by atomic mass is 16.5. The van der Waals surface area contributed by atoms with Crippen LogP contribution in [-0.4, -0.2) is 93.6 Å². The zero-order chi connectivity index (χ0) is 25.5. The number of rotatable bonds is 8. The number of carbonyl (C=O) groups excluding carboxylic acids is 2. The Morgan fingerprint density at radius 3 is 1.92 bits per heavy atom. The number of nitrogens with one attached hydrogen (secondary N) is 1. The van der Waals surface area contributed by atoms with Crippen molar-refractivity contribution in [3.8, 4) is 0 Å². The first kappa shape index (κ1) is 28.4. The first-order valence-electron chi connectivity index (χ1n) is 12.5. The van der Waals surface area contributed by atoms with Crippen molar-refractivity contribution in [1.29, 1.82) is 0 Å². The van der Waals surface area contributed by atoms with Gasteiger partial charge in [0.15, 0.2) is 6.04 Å². The number of aliphatic hydroxyl groups is 1. The molecule has 9 nitrogen and oxygen atoms in total. The Morgan fingerprint density at radius 2 is 1.43 bits per heavy atom. The summed E-state index contributed by atoms with van der Waals surface area (Å²) in [4.78, 5) is 31.5. The molecule has 2 heterocycles. The van der Waals surface area contributed by atoms with Crippen molar-refractivity contribution in [1.82, 2.24) is 10.2 Å². The number of morpholine rings is 1. The summed E-state index contributed by atoms with van der Waals surface area (Å²) in [5.41, 5.74) is 4.04. The Kier molecular flexibility index (Phi) is 10.3. The van der Waals surface area contributed by atoms with Gasteiger partial charge in [0.05, 0.1) is 26.4 Å². The van der Waals surface area contributed by atoms with Gasteiger partial charge >= 0.3 is 5.97 Å². The third-order valence-electron chi connectivity index (χ3n) is 6.81. The fourth-order valence-electron chi connectivity index (χ4n) is 4.60. The minimum atomic E-state index is -1.11. The molecule has 0 saturated carbocycles. The number of methoxy groups -OCH3 is 1. The Hall–Kier alpha value is -3.14. The van der Waals surface area contributed by atoms with E-state index in [4.69, 9.17) is 4.74 Å².